The number of rotatable bonds is 3. The van der Waals surface area contributed by atoms with Crippen LogP contribution in [0.15, 0.2) is 0 Å². The lowest BCUT2D eigenvalue weighted by atomic mass is 10.2. The summed E-state index contributed by atoms with van der Waals surface area (Å²) in [6, 6.07) is -0.482. The third kappa shape index (κ3) is 4.03. The van der Waals surface area contributed by atoms with Crippen molar-refractivity contribution < 1.29 is 19.4 Å². The molecule has 0 radical (unpaired) electrons. The Morgan fingerprint density at radius 1 is 1.60 bits per heavy atom. The van der Waals surface area contributed by atoms with E-state index in [1.165, 1.54) is 7.11 Å². The molecule has 1 unspecified atom stereocenters. The SMILES string of the molecule is COC(=O)C1CNCCN1CC(=O)O.Cl. The second-order valence-electron chi connectivity index (χ2n) is 3.11. The summed E-state index contributed by atoms with van der Waals surface area (Å²) < 4.78 is 4.59. The van der Waals surface area contributed by atoms with E-state index < -0.39 is 18.0 Å². The number of ether oxygens (including phenoxy) is 1. The number of hydrogen-bond donors (Lipinski definition) is 2. The van der Waals surface area contributed by atoms with Gasteiger partial charge < -0.3 is 15.2 Å². The summed E-state index contributed by atoms with van der Waals surface area (Å²) in [7, 11) is 1.30. The summed E-state index contributed by atoms with van der Waals surface area (Å²) in [4.78, 5) is 23.4. The number of methoxy groups -OCH3 is 1. The quantitative estimate of drug-likeness (QED) is 0.611. The minimum Gasteiger partial charge on any atom is -0.480 e. The summed E-state index contributed by atoms with van der Waals surface area (Å²) in [6.07, 6.45) is 0. The van der Waals surface area contributed by atoms with Crippen molar-refractivity contribution in [3.8, 4) is 0 Å². The molecule has 1 aliphatic heterocycles. The molecule has 0 aliphatic carbocycles. The number of piperazine rings is 1. The number of nitrogens with one attached hydrogen (secondary N) is 1. The molecule has 88 valence electrons. The molecule has 1 rings (SSSR count). The van der Waals surface area contributed by atoms with E-state index in [0.717, 1.165) is 0 Å². The maximum atomic E-state index is 11.3. The van der Waals surface area contributed by atoms with Gasteiger partial charge in [0.25, 0.3) is 0 Å². The van der Waals surface area contributed by atoms with E-state index in [9.17, 15) is 9.59 Å². The Balaban J connectivity index is 0.00000196. The number of esters is 1. The first-order chi connectivity index (χ1) is 6.65. The standard InChI is InChI=1S/C8H14N2O4.ClH/c1-14-8(13)6-4-9-2-3-10(6)5-7(11)12;/h6,9H,2-5H2,1H3,(H,11,12);1H. The van der Waals surface area contributed by atoms with Crippen LogP contribution in [0.25, 0.3) is 0 Å². The molecule has 0 amide bonds. The normalized spacial score (nSPS) is 21.5. The fourth-order valence-electron chi connectivity index (χ4n) is 1.48. The lowest BCUT2D eigenvalue weighted by Gasteiger charge is -2.32. The smallest absolute Gasteiger partial charge is 0.324 e. The van der Waals surface area contributed by atoms with E-state index in [2.05, 4.69) is 10.1 Å². The maximum absolute atomic E-state index is 11.3. The molecule has 1 aliphatic rings. The van der Waals surface area contributed by atoms with Gasteiger partial charge in [-0.25, -0.2) is 0 Å². The van der Waals surface area contributed by atoms with E-state index in [1.807, 2.05) is 0 Å². The summed E-state index contributed by atoms with van der Waals surface area (Å²) in [5.74, 6) is -1.32. The molecule has 0 aromatic heterocycles. The molecule has 1 fully saturated rings. The van der Waals surface area contributed by atoms with E-state index >= 15 is 0 Å². The van der Waals surface area contributed by atoms with Crippen LogP contribution in [-0.4, -0.2) is 61.3 Å². The molecule has 1 saturated heterocycles. The first-order valence-corrected chi connectivity index (χ1v) is 4.39. The van der Waals surface area contributed by atoms with Gasteiger partial charge >= 0.3 is 11.9 Å². The van der Waals surface area contributed by atoms with Crippen molar-refractivity contribution in [3.05, 3.63) is 0 Å². The van der Waals surface area contributed by atoms with Crippen LogP contribution in [0.1, 0.15) is 0 Å². The van der Waals surface area contributed by atoms with E-state index in [1.54, 1.807) is 4.90 Å². The van der Waals surface area contributed by atoms with E-state index in [-0.39, 0.29) is 19.0 Å². The third-order valence-electron chi connectivity index (χ3n) is 2.17. The van der Waals surface area contributed by atoms with Crippen LogP contribution in [0.4, 0.5) is 0 Å². The molecule has 6 nitrogen and oxygen atoms in total. The van der Waals surface area contributed by atoms with Gasteiger partial charge in [0.05, 0.1) is 13.7 Å². The second kappa shape index (κ2) is 6.60. The largest absolute Gasteiger partial charge is 0.480 e. The average Bonchev–Trinajstić information content (AvgIpc) is 2.16. The van der Waals surface area contributed by atoms with Gasteiger partial charge in [-0.2, -0.15) is 0 Å². The molecule has 15 heavy (non-hydrogen) atoms. The third-order valence-corrected chi connectivity index (χ3v) is 2.17. The maximum Gasteiger partial charge on any atom is 0.324 e. The van der Waals surface area contributed by atoms with Crippen molar-refractivity contribution in [1.29, 1.82) is 0 Å². The van der Waals surface area contributed by atoms with Crippen molar-refractivity contribution in [2.24, 2.45) is 0 Å². The molecule has 7 heteroatoms. The Morgan fingerprint density at radius 3 is 2.80 bits per heavy atom. The highest BCUT2D eigenvalue weighted by atomic mass is 35.5. The van der Waals surface area contributed by atoms with Crippen LogP contribution >= 0.6 is 12.4 Å². The summed E-state index contributed by atoms with van der Waals surface area (Å²) in [5, 5.41) is 11.6. The number of carboxylic acids is 1. The lowest BCUT2D eigenvalue weighted by Crippen LogP contribution is -2.56. The van der Waals surface area contributed by atoms with Gasteiger partial charge in [-0.1, -0.05) is 0 Å². The molecule has 1 heterocycles. The molecule has 0 aromatic rings. The Kier molecular flexibility index (Phi) is 6.23. The highest BCUT2D eigenvalue weighted by Crippen LogP contribution is 2.04. The van der Waals surface area contributed by atoms with Crippen molar-refractivity contribution in [1.82, 2.24) is 10.2 Å². The Labute approximate surface area is 94.0 Å². The summed E-state index contributed by atoms with van der Waals surface area (Å²) in [5.41, 5.74) is 0. The van der Waals surface area contributed by atoms with Crippen molar-refractivity contribution in [3.63, 3.8) is 0 Å². The molecular weight excluding hydrogens is 224 g/mol. The van der Waals surface area contributed by atoms with E-state index in [4.69, 9.17) is 5.11 Å². The van der Waals surface area contributed by atoms with Gasteiger partial charge in [0, 0.05) is 19.6 Å². The van der Waals surface area contributed by atoms with Gasteiger partial charge in [-0.05, 0) is 0 Å². The zero-order valence-corrected chi connectivity index (χ0v) is 9.25. The minimum absolute atomic E-state index is 0. The zero-order valence-electron chi connectivity index (χ0n) is 8.43. The van der Waals surface area contributed by atoms with Gasteiger partial charge in [0.15, 0.2) is 0 Å². The van der Waals surface area contributed by atoms with Crippen LogP contribution in [0.5, 0.6) is 0 Å². The van der Waals surface area contributed by atoms with Crippen molar-refractivity contribution in [2.45, 2.75) is 6.04 Å². The number of hydrogen-bond acceptors (Lipinski definition) is 5. The Hall–Kier alpha value is -0.850. The molecule has 0 bridgehead atoms. The molecule has 0 aromatic carbocycles. The molecule has 2 N–H and O–H groups in total. The minimum atomic E-state index is -0.930. The van der Waals surface area contributed by atoms with Crippen LogP contribution in [-0.2, 0) is 14.3 Å². The van der Waals surface area contributed by atoms with Gasteiger partial charge in [-0.3, -0.25) is 14.5 Å². The van der Waals surface area contributed by atoms with Gasteiger partial charge in [0.1, 0.15) is 6.04 Å². The molecule has 0 spiro atoms. The summed E-state index contributed by atoms with van der Waals surface area (Å²) >= 11 is 0. The van der Waals surface area contributed by atoms with Crippen LogP contribution in [0.2, 0.25) is 0 Å². The van der Waals surface area contributed by atoms with Gasteiger partial charge in [-0.15, -0.1) is 12.4 Å². The van der Waals surface area contributed by atoms with Crippen LogP contribution in [0, 0.1) is 0 Å². The average molecular weight is 239 g/mol. The Bertz CT molecular complexity index is 237. The highest BCUT2D eigenvalue weighted by molar-refractivity contribution is 5.85. The van der Waals surface area contributed by atoms with Gasteiger partial charge in [0.2, 0.25) is 0 Å². The fraction of sp³-hybridized carbons (Fsp3) is 0.750. The molecular formula is C8H15ClN2O4. The number of aliphatic carboxylic acids is 1. The van der Waals surface area contributed by atoms with Crippen LogP contribution in [0.3, 0.4) is 0 Å². The predicted molar refractivity (Wildman–Crippen MR) is 55.1 cm³/mol. The molecule has 1 atom stereocenters. The number of carbonyl (C=O) groups excluding carboxylic acids is 1. The first kappa shape index (κ1) is 14.2. The lowest BCUT2D eigenvalue weighted by molar-refractivity contribution is -0.149. The fourth-order valence-corrected chi connectivity index (χ4v) is 1.48. The second-order valence-corrected chi connectivity index (χ2v) is 3.11. The van der Waals surface area contributed by atoms with Crippen LogP contribution < -0.4 is 5.32 Å². The number of carbonyl (C=O) groups is 2. The number of halogens is 1. The monoisotopic (exact) mass is 238 g/mol. The summed E-state index contributed by atoms with van der Waals surface area (Å²) in [6.45, 7) is 1.56. The van der Waals surface area contributed by atoms with Crippen molar-refractivity contribution >= 4 is 24.3 Å². The molecule has 0 saturated carbocycles. The highest BCUT2D eigenvalue weighted by Gasteiger charge is 2.30. The van der Waals surface area contributed by atoms with Crippen molar-refractivity contribution in [2.75, 3.05) is 33.3 Å². The van der Waals surface area contributed by atoms with E-state index in [0.29, 0.717) is 19.6 Å². The Morgan fingerprint density at radius 2 is 2.27 bits per heavy atom. The topological polar surface area (TPSA) is 78.9 Å². The number of carboxylic acid groups (broad SMARTS) is 1. The zero-order chi connectivity index (χ0) is 10.6. The first-order valence-electron chi connectivity index (χ1n) is 4.39. The number of nitrogens with zero attached hydrogens (tertiary/aromatic N) is 1. The predicted octanol–water partition coefficient (Wildman–Crippen LogP) is -1.06.